The van der Waals surface area contributed by atoms with Crippen molar-refractivity contribution in [3.05, 3.63) is 61.4 Å². The number of aromatic nitrogens is 1. The molecule has 0 saturated heterocycles. The van der Waals surface area contributed by atoms with Crippen LogP contribution >= 0.6 is 38.6 Å². The normalized spacial score (nSPS) is 11.1. The van der Waals surface area contributed by atoms with Crippen molar-refractivity contribution in [3.8, 4) is 11.1 Å². The van der Waals surface area contributed by atoms with Gasteiger partial charge >= 0.3 is 0 Å². The van der Waals surface area contributed by atoms with Crippen LogP contribution in [0.3, 0.4) is 0 Å². The van der Waals surface area contributed by atoms with E-state index < -0.39 is 5.91 Å². The van der Waals surface area contributed by atoms with Gasteiger partial charge in [0.1, 0.15) is 14.7 Å². The lowest BCUT2D eigenvalue weighted by Crippen LogP contribution is -2.17. The number of nitrogens with zero attached hydrogens (tertiary/aromatic N) is 1. The topological polar surface area (TPSA) is 111 Å². The predicted octanol–water partition coefficient (Wildman–Crippen LogP) is 5.65. The van der Waals surface area contributed by atoms with E-state index in [1.165, 1.54) is 22.7 Å². The summed E-state index contributed by atoms with van der Waals surface area (Å²) in [7, 11) is 0. The van der Waals surface area contributed by atoms with Gasteiger partial charge in [-0.2, -0.15) is 0 Å². The molecule has 4 rings (SSSR count). The molecule has 0 aliphatic carbocycles. The number of carbonyl (C=O) groups is 2. The summed E-state index contributed by atoms with van der Waals surface area (Å²) in [6.07, 6.45) is 0. The highest BCUT2D eigenvalue weighted by atomic mass is 79.9. The van der Waals surface area contributed by atoms with Crippen LogP contribution in [0.25, 0.3) is 21.3 Å². The molecule has 1 aromatic carbocycles. The van der Waals surface area contributed by atoms with Gasteiger partial charge in [0.2, 0.25) is 0 Å². The number of halogens is 1. The highest BCUT2D eigenvalue weighted by Crippen LogP contribution is 2.39. The van der Waals surface area contributed by atoms with E-state index in [2.05, 4.69) is 26.2 Å². The minimum absolute atomic E-state index is 0.279. The SMILES string of the molecule is Cc1nc2sc(C(=O)Nc3scc(-c4ccc(Br)cc4)c3C(N)=O)c(N)c2c(C)c1C. The molecule has 0 fully saturated rings. The molecule has 3 aromatic heterocycles. The fraction of sp³-hybridized carbons (Fsp3) is 0.136. The second-order valence-corrected chi connectivity index (χ2v) is 9.95. The number of thiophene rings is 2. The van der Waals surface area contributed by atoms with E-state index in [0.717, 1.165) is 37.1 Å². The molecule has 158 valence electrons. The van der Waals surface area contributed by atoms with Crippen molar-refractivity contribution in [3.63, 3.8) is 0 Å². The molecule has 9 heteroatoms. The highest BCUT2D eigenvalue weighted by molar-refractivity contribution is 9.10. The maximum atomic E-state index is 13.1. The molecule has 0 bridgehead atoms. The molecule has 0 aliphatic rings. The van der Waals surface area contributed by atoms with Crippen LogP contribution in [-0.4, -0.2) is 16.8 Å². The number of nitrogens with one attached hydrogen (secondary N) is 1. The monoisotopic (exact) mass is 514 g/mol. The van der Waals surface area contributed by atoms with Crippen LogP contribution in [0.4, 0.5) is 10.7 Å². The van der Waals surface area contributed by atoms with Gasteiger partial charge in [-0.05, 0) is 49.6 Å². The van der Waals surface area contributed by atoms with Gasteiger partial charge < -0.3 is 16.8 Å². The lowest BCUT2D eigenvalue weighted by Gasteiger charge is -2.07. The summed E-state index contributed by atoms with van der Waals surface area (Å²) in [4.78, 5) is 31.0. The number of anilines is 2. The van der Waals surface area contributed by atoms with Gasteiger partial charge in [-0.25, -0.2) is 4.98 Å². The third-order valence-electron chi connectivity index (χ3n) is 5.30. The number of aryl methyl sites for hydroxylation is 2. The van der Waals surface area contributed by atoms with E-state index in [1.54, 1.807) is 0 Å². The molecule has 0 spiro atoms. The summed E-state index contributed by atoms with van der Waals surface area (Å²) < 4.78 is 0.926. The van der Waals surface area contributed by atoms with Gasteiger partial charge in [-0.15, -0.1) is 22.7 Å². The molecule has 3 heterocycles. The first kappa shape index (κ1) is 21.5. The van der Waals surface area contributed by atoms with Crippen molar-refractivity contribution in [1.29, 1.82) is 0 Å². The fourth-order valence-electron chi connectivity index (χ4n) is 3.43. The van der Waals surface area contributed by atoms with Crippen LogP contribution in [0.2, 0.25) is 0 Å². The molecule has 5 N–H and O–H groups in total. The van der Waals surface area contributed by atoms with Crippen molar-refractivity contribution in [2.45, 2.75) is 20.8 Å². The molecular weight excluding hydrogens is 496 g/mol. The maximum Gasteiger partial charge on any atom is 0.268 e. The summed E-state index contributed by atoms with van der Waals surface area (Å²) >= 11 is 5.90. The Balaban J connectivity index is 1.74. The van der Waals surface area contributed by atoms with Crippen molar-refractivity contribution in [1.82, 2.24) is 4.98 Å². The minimum atomic E-state index is -0.609. The Kier molecular flexibility index (Phi) is 5.59. The molecule has 0 saturated carbocycles. The smallest absolute Gasteiger partial charge is 0.268 e. The Morgan fingerprint density at radius 3 is 2.42 bits per heavy atom. The number of amides is 2. The van der Waals surface area contributed by atoms with E-state index in [-0.39, 0.29) is 11.5 Å². The number of fused-ring (bicyclic) bond motifs is 1. The van der Waals surface area contributed by atoms with Crippen molar-refractivity contribution < 1.29 is 9.59 Å². The highest BCUT2D eigenvalue weighted by Gasteiger charge is 2.24. The van der Waals surface area contributed by atoms with Crippen LogP contribution in [0.1, 0.15) is 36.9 Å². The van der Waals surface area contributed by atoms with E-state index in [9.17, 15) is 9.59 Å². The molecular formula is C22H19BrN4O2S2. The lowest BCUT2D eigenvalue weighted by molar-refractivity contribution is 0.100. The van der Waals surface area contributed by atoms with Gasteiger partial charge in [-0.1, -0.05) is 28.1 Å². The minimum Gasteiger partial charge on any atom is -0.397 e. The number of nitrogen functional groups attached to an aromatic ring is 1. The number of carbonyl (C=O) groups excluding carboxylic acids is 2. The zero-order valence-corrected chi connectivity index (χ0v) is 20.2. The third kappa shape index (κ3) is 3.73. The van der Waals surface area contributed by atoms with E-state index >= 15 is 0 Å². The predicted molar refractivity (Wildman–Crippen MR) is 132 cm³/mol. The molecule has 6 nitrogen and oxygen atoms in total. The first-order chi connectivity index (χ1) is 14.7. The van der Waals surface area contributed by atoms with Gasteiger partial charge in [0.05, 0.1) is 11.3 Å². The van der Waals surface area contributed by atoms with Crippen LogP contribution in [0.15, 0.2) is 34.1 Å². The van der Waals surface area contributed by atoms with E-state index in [1.807, 2.05) is 50.4 Å². The summed E-state index contributed by atoms with van der Waals surface area (Å²) in [5, 5.41) is 5.84. The quantitative estimate of drug-likeness (QED) is 0.326. The average molecular weight is 515 g/mol. The van der Waals surface area contributed by atoms with E-state index in [0.29, 0.717) is 21.1 Å². The van der Waals surface area contributed by atoms with Crippen LogP contribution < -0.4 is 16.8 Å². The summed E-state index contributed by atoms with van der Waals surface area (Å²) in [6, 6.07) is 7.53. The van der Waals surface area contributed by atoms with Gasteiger partial charge in [0, 0.05) is 26.5 Å². The van der Waals surface area contributed by atoms with Gasteiger partial charge in [0.15, 0.2) is 0 Å². The Bertz CT molecular complexity index is 1360. The number of pyridine rings is 1. The second-order valence-electron chi connectivity index (χ2n) is 7.15. The summed E-state index contributed by atoms with van der Waals surface area (Å²) in [6.45, 7) is 5.90. The number of primary amides is 1. The Morgan fingerprint density at radius 2 is 1.77 bits per heavy atom. The molecule has 0 radical (unpaired) electrons. The maximum absolute atomic E-state index is 13.1. The largest absolute Gasteiger partial charge is 0.397 e. The Morgan fingerprint density at radius 1 is 1.10 bits per heavy atom. The number of rotatable bonds is 4. The summed E-state index contributed by atoms with van der Waals surface area (Å²) in [5.41, 5.74) is 17.2. The van der Waals surface area contributed by atoms with Crippen molar-refractivity contribution >= 4 is 71.3 Å². The average Bonchev–Trinajstić information content (AvgIpc) is 3.28. The van der Waals surface area contributed by atoms with Crippen LogP contribution in [0, 0.1) is 20.8 Å². The van der Waals surface area contributed by atoms with Crippen molar-refractivity contribution in [2.75, 3.05) is 11.1 Å². The molecule has 0 aliphatic heterocycles. The van der Waals surface area contributed by atoms with E-state index in [4.69, 9.17) is 11.5 Å². The molecule has 4 aromatic rings. The number of hydrogen-bond acceptors (Lipinski definition) is 6. The van der Waals surface area contributed by atoms with Crippen LogP contribution in [-0.2, 0) is 0 Å². The Hall–Kier alpha value is -2.75. The number of benzene rings is 1. The Labute approximate surface area is 195 Å². The zero-order valence-electron chi connectivity index (χ0n) is 17.0. The summed E-state index contributed by atoms with van der Waals surface area (Å²) in [5.74, 6) is -0.996. The first-order valence-electron chi connectivity index (χ1n) is 9.33. The van der Waals surface area contributed by atoms with Crippen LogP contribution in [0.5, 0.6) is 0 Å². The molecule has 0 unspecified atom stereocenters. The second kappa shape index (κ2) is 8.07. The van der Waals surface area contributed by atoms with Gasteiger partial charge in [-0.3, -0.25) is 9.59 Å². The third-order valence-corrected chi connectivity index (χ3v) is 7.82. The standard InChI is InChI=1S/C22H19BrN4O2S2/c1-9-10(2)15-17(24)18(31-22(15)26-11(9)3)20(29)27-21-16(19(25)28)14(8-30-21)12-4-6-13(23)7-5-12/h4-8H,24H2,1-3H3,(H2,25,28)(H,27,29). The zero-order chi connectivity index (χ0) is 22.4. The van der Waals surface area contributed by atoms with Crippen molar-refractivity contribution in [2.24, 2.45) is 5.73 Å². The number of nitrogens with two attached hydrogens (primary N) is 2. The lowest BCUT2D eigenvalue weighted by atomic mass is 10.0. The first-order valence-corrected chi connectivity index (χ1v) is 11.8. The molecule has 2 amide bonds. The molecule has 0 atom stereocenters. The number of hydrogen-bond donors (Lipinski definition) is 3. The van der Waals surface area contributed by atoms with Gasteiger partial charge in [0.25, 0.3) is 11.8 Å². The fourth-order valence-corrected chi connectivity index (χ4v) is 5.76. The molecule has 31 heavy (non-hydrogen) atoms.